The first kappa shape index (κ1) is 19.5. The van der Waals surface area contributed by atoms with Gasteiger partial charge in [0.25, 0.3) is 0 Å². The van der Waals surface area contributed by atoms with Crippen molar-refractivity contribution in [2.45, 2.75) is 63.7 Å². The van der Waals surface area contributed by atoms with Gasteiger partial charge in [0.15, 0.2) is 0 Å². The fraction of sp³-hybridized carbons (Fsp3) is 0.652. The lowest BCUT2D eigenvalue weighted by atomic mass is 9.88. The van der Waals surface area contributed by atoms with Crippen LogP contribution >= 0.6 is 0 Å². The van der Waals surface area contributed by atoms with Gasteiger partial charge < -0.3 is 14.3 Å². The standard InChI is InChI=1S/C23H31N5O2/c29-23(18-8-2-1-3-9-18)28-14-12-27(13-15-28)20-11-10-19(16-24-20)21-25-22(30-26-21)17-6-4-5-7-17/h10-11,16-18H,1-9,12-15H2. The smallest absolute Gasteiger partial charge is 0.230 e. The van der Waals surface area contributed by atoms with E-state index in [1.165, 1.54) is 32.1 Å². The molecule has 3 heterocycles. The average Bonchev–Trinajstić information content (AvgIpc) is 3.52. The molecule has 0 spiro atoms. The largest absolute Gasteiger partial charge is 0.353 e. The van der Waals surface area contributed by atoms with Crippen molar-refractivity contribution in [2.24, 2.45) is 5.92 Å². The molecule has 2 aliphatic carbocycles. The van der Waals surface area contributed by atoms with Crippen molar-refractivity contribution in [2.75, 3.05) is 31.1 Å². The maximum atomic E-state index is 12.8. The SMILES string of the molecule is O=C(C1CCCCC1)N1CCN(c2ccc(-c3noc(C4CCCC4)n3)cn2)CC1. The van der Waals surface area contributed by atoms with Crippen LogP contribution in [0.5, 0.6) is 0 Å². The van der Waals surface area contributed by atoms with Gasteiger partial charge in [-0.2, -0.15) is 4.98 Å². The zero-order valence-electron chi connectivity index (χ0n) is 17.6. The molecule has 1 amide bonds. The van der Waals surface area contributed by atoms with Crippen LogP contribution in [0.25, 0.3) is 11.4 Å². The van der Waals surface area contributed by atoms with E-state index in [0.717, 1.165) is 69.1 Å². The molecule has 0 aromatic carbocycles. The van der Waals surface area contributed by atoms with Crippen LogP contribution in [-0.2, 0) is 4.79 Å². The van der Waals surface area contributed by atoms with Crippen LogP contribution in [-0.4, -0.2) is 52.1 Å². The van der Waals surface area contributed by atoms with E-state index in [1.54, 1.807) is 0 Å². The highest BCUT2D eigenvalue weighted by Gasteiger charge is 2.29. The molecule has 7 nitrogen and oxygen atoms in total. The number of anilines is 1. The van der Waals surface area contributed by atoms with Gasteiger partial charge in [0, 0.05) is 49.8 Å². The highest BCUT2D eigenvalue weighted by molar-refractivity contribution is 5.79. The Bertz CT molecular complexity index is 845. The van der Waals surface area contributed by atoms with Gasteiger partial charge in [0.1, 0.15) is 5.82 Å². The minimum absolute atomic E-state index is 0.256. The molecule has 0 N–H and O–H groups in total. The first-order valence-corrected chi connectivity index (χ1v) is 11.6. The van der Waals surface area contributed by atoms with Gasteiger partial charge in [-0.05, 0) is 37.8 Å². The Hall–Kier alpha value is -2.44. The Balaban J connectivity index is 1.18. The summed E-state index contributed by atoms with van der Waals surface area (Å²) in [5.41, 5.74) is 0.887. The zero-order valence-corrected chi connectivity index (χ0v) is 17.6. The minimum Gasteiger partial charge on any atom is -0.353 e. The predicted octanol–water partition coefficient (Wildman–Crippen LogP) is 4.02. The van der Waals surface area contributed by atoms with Crippen molar-refractivity contribution in [3.05, 3.63) is 24.2 Å². The third-order valence-electron chi connectivity index (χ3n) is 7.02. The lowest BCUT2D eigenvalue weighted by Crippen LogP contribution is -2.50. The van der Waals surface area contributed by atoms with Crippen molar-refractivity contribution in [3.8, 4) is 11.4 Å². The third kappa shape index (κ3) is 4.07. The summed E-state index contributed by atoms with van der Waals surface area (Å²) in [4.78, 5) is 26.3. The van der Waals surface area contributed by atoms with E-state index >= 15 is 0 Å². The lowest BCUT2D eigenvalue weighted by molar-refractivity contribution is -0.136. The Kier molecular flexibility index (Phi) is 5.69. The second-order valence-corrected chi connectivity index (χ2v) is 8.99. The normalized spacial score (nSPS) is 21.3. The number of hydrogen-bond donors (Lipinski definition) is 0. The van der Waals surface area contributed by atoms with Gasteiger partial charge in [-0.15, -0.1) is 0 Å². The molecule has 0 unspecified atom stereocenters. The summed E-state index contributed by atoms with van der Waals surface area (Å²) in [5, 5.41) is 4.16. The molecule has 3 fully saturated rings. The van der Waals surface area contributed by atoms with Gasteiger partial charge in [0.05, 0.1) is 0 Å². The van der Waals surface area contributed by atoms with E-state index < -0.39 is 0 Å². The number of rotatable bonds is 4. The van der Waals surface area contributed by atoms with Crippen LogP contribution in [0.1, 0.15) is 69.6 Å². The first-order chi connectivity index (χ1) is 14.8. The molecule has 1 saturated heterocycles. The lowest BCUT2D eigenvalue weighted by Gasteiger charge is -2.37. The maximum Gasteiger partial charge on any atom is 0.230 e. The van der Waals surface area contributed by atoms with E-state index in [-0.39, 0.29) is 5.92 Å². The molecule has 0 bridgehead atoms. The quantitative estimate of drug-likeness (QED) is 0.759. The summed E-state index contributed by atoms with van der Waals surface area (Å²) in [5.74, 6) is 3.39. The molecule has 2 saturated carbocycles. The number of amides is 1. The van der Waals surface area contributed by atoms with E-state index in [2.05, 4.69) is 24.9 Å². The maximum absolute atomic E-state index is 12.8. The Morgan fingerprint density at radius 2 is 1.67 bits per heavy atom. The molecule has 160 valence electrons. The van der Waals surface area contributed by atoms with Crippen LogP contribution in [0.15, 0.2) is 22.9 Å². The second-order valence-electron chi connectivity index (χ2n) is 8.99. The van der Waals surface area contributed by atoms with Gasteiger partial charge in [-0.1, -0.05) is 37.3 Å². The summed E-state index contributed by atoms with van der Waals surface area (Å²) >= 11 is 0. The summed E-state index contributed by atoms with van der Waals surface area (Å²) in [6.45, 7) is 3.24. The molecule has 7 heteroatoms. The number of pyridine rings is 1. The van der Waals surface area contributed by atoms with Crippen LogP contribution in [0, 0.1) is 5.92 Å². The van der Waals surface area contributed by atoms with Gasteiger partial charge in [0.2, 0.25) is 17.6 Å². The molecular formula is C23H31N5O2. The van der Waals surface area contributed by atoms with Gasteiger partial charge in [-0.25, -0.2) is 4.98 Å². The Morgan fingerprint density at radius 3 is 2.37 bits per heavy atom. The summed E-state index contributed by atoms with van der Waals surface area (Å²) in [6.07, 6.45) is 12.5. The average molecular weight is 410 g/mol. The minimum atomic E-state index is 0.256. The third-order valence-corrected chi connectivity index (χ3v) is 7.02. The number of nitrogens with zero attached hydrogens (tertiary/aromatic N) is 5. The van der Waals surface area contributed by atoms with Crippen LogP contribution in [0.4, 0.5) is 5.82 Å². The molecule has 1 aliphatic heterocycles. The van der Waals surface area contributed by atoms with E-state index in [4.69, 9.17) is 4.52 Å². The molecular weight excluding hydrogens is 378 g/mol. The highest BCUT2D eigenvalue weighted by atomic mass is 16.5. The number of carbonyl (C=O) groups is 1. The highest BCUT2D eigenvalue weighted by Crippen LogP contribution is 2.34. The number of carbonyl (C=O) groups excluding carboxylic acids is 1. The van der Waals surface area contributed by atoms with Crippen molar-refractivity contribution in [3.63, 3.8) is 0 Å². The zero-order chi connectivity index (χ0) is 20.3. The van der Waals surface area contributed by atoms with Crippen molar-refractivity contribution in [1.82, 2.24) is 20.0 Å². The van der Waals surface area contributed by atoms with E-state index in [0.29, 0.717) is 17.6 Å². The van der Waals surface area contributed by atoms with Crippen LogP contribution < -0.4 is 4.90 Å². The van der Waals surface area contributed by atoms with Crippen LogP contribution in [0.3, 0.4) is 0 Å². The number of piperazine rings is 1. The molecule has 0 radical (unpaired) electrons. The van der Waals surface area contributed by atoms with E-state index in [9.17, 15) is 4.79 Å². The molecule has 2 aromatic heterocycles. The fourth-order valence-electron chi connectivity index (χ4n) is 5.16. The van der Waals surface area contributed by atoms with Crippen molar-refractivity contribution < 1.29 is 9.32 Å². The summed E-state index contributed by atoms with van der Waals surface area (Å²) in [6, 6.07) is 4.05. The number of hydrogen-bond acceptors (Lipinski definition) is 6. The summed E-state index contributed by atoms with van der Waals surface area (Å²) in [7, 11) is 0. The molecule has 3 aliphatic rings. The topological polar surface area (TPSA) is 75.4 Å². The second kappa shape index (κ2) is 8.74. The number of aromatic nitrogens is 3. The molecule has 5 rings (SSSR count). The van der Waals surface area contributed by atoms with Crippen LogP contribution in [0.2, 0.25) is 0 Å². The Labute approximate surface area is 177 Å². The van der Waals surface area contributed by atoms with Crippen molar-refractivity contribution in [1.29, 1.82) is 0 Å². The molecule has 30 heavy (non-hydrogen) atoms. The fourth-order valence-corrected chi connectivity index (χ4v) is 5.16. The van der Waals surface area contributed by atoms with E-state index in [1.807, 2.05) is 18.3 Å². The van der Waals surface area contributed by atoms with Gasteiger partial charge >= 0.3 is 0 Å². The molecule has 0 atom stereocenters. The summed E-state index contributed by atoms with van der Waals surface area (Å²) < 4.78 is 5.50. The first-order valence-electron chi connectivity index (χ1n) is 11.6. The predicted molar refractivity (Wildman–Crippen MR) is 114 cm³/mol. The molecule has 2 aromatic rings. The van der Waals surface area contributed by atoms with Crippen molar-refractivity contribution >= 4 is 11.7 Å². The monoisotopic (exact) mass is 409 g/mol. The Morgan fingerprint density at radius 1 is 0.933 bits per heavy atom. The van der Waals surface area contributed by atoms with Gasteiger partial charge in [-0.3, -0.25) is 4.79 Å².